The second kappa shape index (κ2) is 21.5. The summed E-state index contributed by atoms with van der Waals surface area (Å²) in [6.07, 6.45) is 1.10. The molecule has 6 aromatic carbocycles. The Balaban J connectivity index is 0.000000674. The van der Waals surface area contributed by atoms with Crippen molar-refractivity contribution in [3.8, 4) is 22.3 Å². The predicted molar refractivity (Wildman–Crippen MR) is 196 cm³/mol. The van der Waals surface area contributed by atoms with Crippen LogP contribution < -0.4 is 0 Å². The summed E-state index contributed by atoms with van der Waals surface area (Å²) in [6, 6.07) is 39.7. The second-order valence-electron chi connectivity index (χ2n) is 9.60. The Hall–Kier alpha value is -2.22. The van der Waals surface area contributed by atoms with Crippen molar-refractivity contribution in [2.24, 2.45) is 0 Å². The van der Waals surface area contributed by atoms with E-state index in [0.717, 1.165) is 6.42 Å². The predicted octanol–water partition coefficient (Wildman–Crippen LogP) is 12.1. The summed E-state index contributed by atoms with van der Waals surface area (Å²) in [5, 5.41) is 5.41. The quantitative estimate of drug-likeness (QED) is 0.127. The molecule has 0 aliphatic heterocycles. The Labute approximate surface area is 290 Å². The normalized spacial score (nSPS) is 9.28. The van der Waals surface area contributed by atoms with Gasteiger partial charge in [-0.3, -0.25) is 0 Å². The van der Waals surface area contributed by atoms with Gasteiger partial charge in [-0.25, -0.2) is 0 Å². The second-order valence-corrected chi connectivity index (χ2v) is 9.60. The molecule has 0 unspecified atom stereocenters. The van der Waals surface area contributed by atoms with Gasteiger partial charge in [0.25, 0.3) is 0 Å². The summed E-state index contributed by atoms with van der Waals surface area (Å²) in [5.74, 6) is 0. The Morgan fingerprint density at radius 1 is 0.581 bits per heavy atom. The molecule has 0 fully saturated rings. The van der Waals surface area contributed by atoms with Gasteiger partial charge < -0.3 is 13.8 Å². The molecule has 0 saturated heterocycles. The van der Waals surface area contributed by atoms with E-state index in [1.807, 2.05) is 0 Å². The van der Waals surface area contributed by atoms with Crippen molar-refractivity contribution in [1.82, 2.24) is 0 Å². The van der Waals surface area contributed by atoms with Crippen LogP contribution in [0.5, 0.6) is 0 Å². The van der Waals surface area contributed by atoms with Gasteiger partial charge in [0.05, 0.1) is 0 Å². The summed E-state index contributed by atoms with van der Waals surface area (Å²) in [7, 11) is 0. The van der Waals surface area contributed by atoms with Gasteiger partial charge in [-0.05, 0) is 31.4 Å². The zero-order valence-electron chi connectivity index (χ0n) is 26.3. The Morgan fingerprint density at radius 3 is 1.40 bits per heavy atom. The van der Waals surface area contributed by atoms with Gasteiger partial charge in [-0.2, -0.15) is 26.0 Å². The molecule has 0 amide bonds. The fourth-order valence-electron chi connectivity index (χ4n) is 4.86. The van der Waals surface area contributed by atoms with E-state index in [9.17, 15) is 0 Å². The number of rotatable bonds is 3. The Kier molecular flexibility index (Phi) is 20.4. The molecule has 0 aliphatic carbocycles. The third kappa shape index (κ3) is 11.0. The number of aryl methyl sites for hydroxylation is 4. The summed E-state index contributed by atoms with van der Waals surface area (Å²) < 4.78 is 0. The number of halogens is 2. The van der Waals surface area contributed by atoms with E-state index in [2.05, 4.69) is 158 Å². The molecule has 4 heteroatoms. The van der Waals surface area contributed by atoms with Gasteiger partial charge in [-0.15, -0.1) is 93.9 Å². The van der Waals surface area contributed by atoms with Gasteiger partial charge in [0.1, 0.15) is 0 Å². The number of benzene rings is 4. The van der Waals surface area contributed by atoms with Gasteiger partial charge in [0.15, 0.2) is 0 Å². The molecule has 0 N–H and O–H groups in total. The van der Waals surface area contributed by atoms with E-state index >= 15 is 0 Å². The van der Waals surface area contributed by atoms with Crippen LogP contribution >= 0.6 is 24.8 Å². The van der Waals surface area contributed by atoms with E-state index in [4.69, 9.17) is 0 Å². The summed E-state index contributed by atoms with van der Waals surface area (Å²) in [5.41, 5.74) is 10.6. The first kappa shape index (κ1) is 40.8. The van der Waals surface area contributed by atoms with Crippen molar-refractivity contribution in [2.75, 3.05) is 0 Å². The molecule has 0 nitrogen and oxygen atoms in total. The minimum atomic E-state index is 0. The van der Waals surface area contributed by atoms with Crippen molar-refractivity contribution in [3.05, 3.63) is 145 Å². The SMILES string of the molecule is CCc1cc2c(-c3ccc(C)cc3)cccc2[cH-]1.Cc1ccc(-c2cccc3[cH-]c(C)cc23)cc1.Cl.Cl.[CH2-]C.[CH2-]C.[Si]=[Zr]. The van der Waals surface area contributed by atoms with E-state index in [0.29, 0.717) is 0 Å². The molecule has 0 aliphatic rings. The van der Waals surface area contributed by atoms with Gasteiger partial charge >= 0.3 is 30.2 Å². The van der Waals surface area contributed by atoms with Crippen LogP contribution in [0.15, 0.2) is 109 Å². The summed E-state index contributed by atoms with van der Waals surface area (Å²) >= 11 is 1.36. The van der Waals surface area contributed by atoms with Gasteiger partial charge in [0, 0.05) is 0 Å². The average Bonchev–Trinajstić information content (AvgIpc) is 3.64. The van der Waals surface area contributed by atoms with Crippen LogP contribution in [0.3, 0.4) is 0 Å². The van der Waals surface area contributed by atoms with E-state index < -0.39 is 0 Å². The van der Waals surface area contributed by atoms with Crippen LogP contribution in [0.4, 0.5) is 0 Å². The van der Waals surface area contributed by atoms with Crippen molar-refractivity contribution in [2.45, 2.75) is 48.0 Å². The summed E-state index contributed by atoms with van der Waals surface area (Å²) in [4.78, 5) is 0. The molecule has 2 radical (unpaired) electrons. The monoisotopic (exact) mass is 700 g/mol. The van der Waals surface area contributed by atoms with Crippen molar-refractivity contribution < 1.29 is 23.3 Å². The van der Waals surface area contributed by atoms with E-state index in [-0.39, 0.29) is 24.8 Å². The maximum absolute atomic E-state index is 3.25. The summed E-state index contributed by atoms with van der Waals surface area (Å²) in [6.45, 7) is 21.7. The minimum absolute atomic E-state index is 0. The first-order chi connectivity index (χ1) is 20.0. The Morgan fingerprint density at radius 2 is 0.977 bits per heavy atom. The van der Waals surface area contributed by atoms with Crippen molar-refractivity contribution in [1.29, 1.82) is 0 Å². The van der Waals surface area contributed by atoms with E-state index in [1.165, 1.54) is 89.4 Å². The average molecular weight is 703 g/mol. The van der Waals surface area contributed by atoms with Gasteiger partial charge in [0.2, 0.25) is 0 Å². The zero-order valence-corrected chi connectivity index (χ0v) is 31.4. The molecule has 0 atom stereocenters. The van der Waals surface area contributed by atoms with Crippen molar-refractivity contribution >= 4 is 53.2 Å². The molecule has 6 aromatic rings. The molecule has 0 spiro atoms. The molecule has 0 bridgehead atoms. The van der Waals surface area contributed by atoms with Crippen LogP contribution in [0.2, 0.25) is 0 Å². The third-order valence-corrected chi connectivity index (χ3v) is 6.84. The van der Waals surface area contributed by atoms with E-state index in [1.54, 1.807) is 13.8 Å². The van der Waals surface area contributed by atoms with Crippen LogP contribution in [0, 0.1) is 34.6 Å². The number of fused-ring (bicyclic) bond motifs is 2. The molecule has 0 saturated carbocycles. The first-order valence-corrected chi connectivity index (χ1v) is 18.4. The van der Waals surface area contributed by atoms with Crippen LogP contribution in [0.25, 0.3) is 43.8 Å². The van der Waals surface area contributed by atoms with Gasteiger partial charge in [-0.1, -0.05) is 96.8 Å². The third-order valence-electron chi connectivity index (χ3n) is 6.84. The Bertz CT molecular complexity index is 1610. The van der Waals surface area contributed by atoms with Crippen LogP contribution in [-0.4, -0.2) is 6.88 Å². The first-order valence-electron chi connectivity index (χ1n) is 14.2. The number of hydrogen-bond donors (Lipinski definition) is 0. The van der Waals surface area contributed by atoms with Crippen LogP contribution in [-0.2, 0) is 29.8 Å². The maximum atomic E-state index is 3.25. The molecule has 226 valence electrons. The molecule has 0 heterocycles. The molecule has 0 aromatic heterocycles. The number of hydrogen-bond acceptors (Lipinski definition) is 0. The zero-order chi connectivity index (χ0) is 30.4. The standard InChI is InChI=1S/C18H17.C17H15.2C2H5.2ClH.Si.Zr/c1-3-14-11-16-5-4-6-17(18(16)12-14)15-9-7-13(2)8-10-15;1-12-6-8-14(9-7-12)16-5-3-4-15-10-13(2)11-17(15)16;2*1-2;;;;/h4-12H,3H2,1-2H3;3-11H,1-2H3;2*1H2,2H3;2*1H;;/q4*-1;;;;. The fraction of sp³-hybridized carbons (Fsp3) is 0.179. The molecular weight excluding hydrogens is 659 g/mol. The van der Waals surface area contributed by atoms with Crippen molar-refractivity contribution in [3.63, 3.8) is 0 Å². The fourth-order valence-corrected chi connectivity index (χ4v) is 4.86. The van der Waals surface area contributed by atoms with Crippen LogP contribution in [0.1, 0.15) is 43.0 Å². The molecule has 43 heavy (non-hydrogen) atoms. The topological polar surface area (TPSA) is 0 Å². The molecular formula is C39H44Cl2SiZr-4. The molecule has 6 rings (SSSR count).